The van der Waals surface area contributed by atoms with Crippen molar-refractivity contribution >= 4 is 46.8 Å². The number of anilines is 1. The van der Waals surface area contributed by atoms with Crippen LogP contribution in [0.15, 0.2) is 78.9 Å². The van der Waals surface area contributed by atoms with Crippen molar-refractivity contribution in [1.82, 2.24) is 16.2 Å². The third-order valence-corrected chi connectivity index (χ3v) is 4.71. The number of amides is 3. The highest BCUT2D eigenvalue weighted by Crippen LogP contribution is 2.12. The predicted octanol–water partition coefficient (Wildman–Crippen LogP) is 3.74. The van der Waals surface area contributed by atoms with Crippen LogP contribution in [0.2, 0.25) is 0 Å². The van der Waals surface area contributed by atoms with Crippen LogP contribution >= 0.6 is 12.2 Å². The summed E-state index contributed by atoms with van der Waals surface area (Å²) in [6.45, 7) is 1.90. The molecule has 3 aromatic carbocycles. The van der Waals surface area contributed by atoms with Gasteiger partial charge in [0.05, 0.1) is 0 Å². The summed E-state index contributed by atoms with van der Waals surface area (Å²) in [4.78, 5) is 36.5. The van der Waals surface area contributed by atoms with Gasteiger partial charge in [-0.25, -0.2) is 4.39 Å². The van der Waals surface area contributed by atoms with Gasteiger partial charge in [-0.2, -0.15) is 0 Å². The Morgan fingerprint density at radius 3 is 2.24 bits per heavy atom. The van der Waals surface area contributed by atoms with Crippen LogP contribution in [0, 0.1) is 12.7 Å². The van der Waals surface area contributed by atoms with Gasteiger partial charge in [0, 0.05) is 22.9 Å². The number of benzene rings is 3. The predicted molar refractivity (Wildman–Crippen MR) is 132 cm³/mol. The summed E-state index contributed by atoms with van der Waals surface area (Å²) in [5, 5.41) is 5.04. The first kappa shape index (κ1) is 24.3. The minimum Gasteiger partial charge on any atom is -0.322 e. The molecule has 0 bridgehead atoms. The Kier molecular flexibility index (Phi) is 8.20. The van der Waals surface area contributed by atoms with Crippen LogP contribution in [0.25, 0.3) is 6.08 Å². The molecule has 0 aliphatic carbocycles. The molecule has 3 aromatic rings. The molecule has 9 heteroatoms. The van der Waals surface area contributed by atoms with Gasteiger partial charge < -0.3 is 5.32 Å². The highest BCUT2D eigenvalue weighted by molar-refractivity contribution is 7.80. The first-order chi connectivity index (χ1) is 16.3. The number of aryl methyl sites for hydroxylation is 1. The average Bonchev–Trinajstić information content (AvgIpc) is 2.82. The number of hydrogen-bond acceptors (Lipinski definition) is 4. The smallest absolute Gasteiger partial charge is 0.269 e. The van der Waals surface area contributed by atoms with Gasteiger partial charge in [-0.05, 0) is 79.3 Å². The summed E-state index contributed by atoms with van der Waals surface area (Å²) in [6, 6.07) is 19.1. The van der Waals surface area contributed by atoms with Crippen molar-refractivity contribution in [3.8, 4) is 0 Å². The topological polar surface area (TPSA) is 99.3 Å². The van der Waals surface area contributed by atoms with E-state index < -0.39 is 11.8 Å². The van der Waals surface area contributed by atoms with E-state index in [2.05, 4.69) is 21.5 Å². The highest BCUT2D eigenvalue weighted by atomic mass is 32.1. The second kappa shape index (κ2) is 11.5. The van der Waals surface area contributed by atoms with Crippen molar-refractivity contribution in [1.29, 1.82) is 0 Å². The minimum absolute atomic E-state index is 0.107. The molecule has 0 saturated heterocycles. The zero-order valence-electron chi connectivity index (χ0n) is 18.1. The molecule has 0 radical (unpaired) electrons. The Morgan fingerprint density at radius 1 is 0.853 bits per heavy atom. The molecule has 0 saturated carbocycles. The summed E-state index contributed by atoms with van der Waals surface area (Å²) in [5.41, 5.74) is 7.82. The van der Waals surface area contributed by atoms with Crippen LogP contribution < -0.4 is 21.5 Å². The number of rotatable bonds is 5. The lowest BCUT2D eigenvalue weighted by Gasteiger charge is -2.10. The average molecular weight is 477 g/mol. The molecule has 0 aliphatic heterocycles. The van der Waals surface area contributed by atoms with E-state index in [0.29, 0.717) is 22.4 Å². The van der Waals surface area contributed by atoms with E-state index in [1.165, 1.54) is 48.6 Å². The van der Waals surface area contributed by atoms with Crippen molar-refractivity contribution in [2.45, 2.75) is 6.92 Å². The molecule has 172 valence electrons. The van der Waals surface area contributed by atoms with Gasteiger partial charge in [0.15, 0.2) is 5.11 Å². The van der Waals surface area contributed by atoms with Crippen LogP contribution in [-0.2, 0) is 4.79 Å². The molecule has 34 heavy (non-hydrogen) atoms. The molecule has 0 unspecified atom stereocenters. The summed E-state index contributed by atoms with van der Waals surface area (Å²) in [6.07, 6.45) is 2.72. The maximum atomic E-state index is 12.9. The molecule has 3 rings (SSSR count). The largest absolute Gasteiger partial charge is 0.322 e. The first-order valence-electron chi connectivity index (χ1n) is 10.1. The number of hydrazine groups is 1. The number of carbonyl (C=O) groups excluding carboxylic acids is 3. The Balaban J connectivity index is 1.45. The Bertz CT molecular complexity index is 1240. The zero-order chi connectivity index (χ0) is 24.5. The van der Waals surface area contributed by atoms with Crippen LogP contribution in [0.4, 0.5) is 10.1 Å². The fraction of sp³-hybridized carbons (Fsp3) is 0.0400. The lowest BCUT2D eigenvalue weighted by molar-refractivity contribution is -0.115. The first-order valence-corrected chi connectivity index (χ1v) is 10.5. The van der Waals surface area contributed by atoms with E-state index >= 15 is 0 Å². The third kappa shape index (κ3) is 7.35. The maximum Gasteiger partial charge on any atom is 0.269 e. The van der Waals surface area contributed by atoms with E-state index in [0.717, 1.165) is 5.56 Å². The molecule has 0 spiro atoms. The van der Waals surface area contributed by atoms with Crippen LogP contribution in [-0.4, -0.2) is 22.8 Å². The van der Waals surface area contributed by atoms with Gasteiger partial charge in [-0.15, -0.1) is 0 Å². The van der Waals surface area contributed by atoms with E-state index in [1.807, 2.05) is 13.0 Å². The minimum atomic E-state index is -0.523. The zero-order valence-corrected chi connectivity index (χ0v) is 18.9. The number of halogens is 1. The van der Waals surface area contributed by atoms with Gasteiger partial charge >= 0.3 is 0 Å². The molecule has 0 aliphatic rings. The standard InChI is InChI=1S/C25H21FN4O3S/c1-16-3-2-4-19(15-16)23(32)27-21-12-8-18(9-13-21)24(33)29-30-25(34)28-22(31)14-7-17-5-10-20(26)11-6-17/h2-15H,1H3,(H,27,32)(H,29,33)(H2,28,30,31,34)/b14-7+. The van der Waals surface area contributed by atoms with Gasteiger partial charge in [-0.1, -0.05) is 29.8 Å². The van der Waals surface area contributed by atoms with E-state index in [4.69, 9.17) is 12.2 Å². The van der Waals surface area contributed by atoms with E-state index in [1.54, 1.807) is 30.3 Å². The van der Waals surface area contributed by atoms with Crippen LogP contribution in [0.5, 0.6) is 0 Å². The third-order valence-electron chi connectivity index (χ3n) is 4.51. The Hall–Kier alpha value is -4.37. The van der Waals surface area contributed by atoms with Gasteiger partial charge in [0.2, 0.25) is 5.91 Å². The molecule has 0 fully saturated rings. The Labute approximate surface area is 201 Å². The fourth-order valence-electron chi connectivity index (χ4n) is 2.81. The molecule has 7 nitrogen and oxygen atoms in total. The maximum absolute atomic E-state index is 12.9. The second-order valence-corrected chi connectivity index (χ2v) is 7.59. The SMILES string of the molecule is Cc1cccc(C(=O)Nc2ccc(C(=O)NNC(=S)NC(=O)/C=C/c3ccc(F)cc3)cc2)c1. The molecular formula is C25H21FN4O3S. The van der Waals surface area contributed by atoms with Crippen molar-refractivity contribution in [3.05, 3.63) is 107 Å². The number of nitrogens with one attached hydrogen (secondary N) is 4. The normalized spacial score (nSPS) is 10.4. The number of carbonyl (C=O) groups is 3. The van der Waals surface area contributed by atoms with Crippen LogP contribution in [0.3, 0.4) is 0 Å². The molecule has 0 aromatic heterocycles. The van der Waals surface area contributed by atoms with E-state index in [9.17, 15) is 18.8 Å². The molecule has 4 N–H and O–H groups in total. The fourth-order valence-corrected chi connectivity index (χ4v) is 2.96. The van der Waals surface area contributed by atoms with Gasteiger partial charge in [0.1, 0.15) is 5.82 Å². The van der Waals surface area contributed by atoms with Crippen molar-refractivity contribution in [3.63, 3.8) is 0 Å². The van der Waals surface area contributed by atoms with E-state index in [-0.39, 0.29) is 16.8 Å². The lowest BCUT2D eigenvalue weighted by atomic mass is 10.1. The van der Waals surface area contributed by atoms with Crippen LogP contribution in [0.1, 0.15) is 31.8 Å². The Morgan fingerprint density at radius 2 is 1.56 bits per heavy atom. The van der Waals surface area contributed by atoms with Crippen molar-refractivity contribution in [2.75, 3.05) is 5.32 Å². The lowest BCUT2D eigenvalue weighted by Crippen LogP contribution is -2.48. The highest BCUT2D eigenvalue weighted by Gasteiger charge is 2.09. The molecular weight excluding hydrogens is 455 g/mol. The summed E-state index contributed by atoms with van der Waals surface area (Å²) in [5.74, 6) is -1.64. The molecule has 0 atom stereocenters. The molecule has 0 heterocycles. The van der Waals surface area contributed by atoms with Crippen molar-refractivity contribution < 1.29 is 18.8 Å². The monoisotopic (exact) mass is 476 g/mol. The number of thiocarbonyl (C=S) groups is 1. The second-order valence-electron chi connectivity index (χ2n) is 7.18. The summed E-state index contributed by atoms with van der Waals surface area (Å²) in [7, 11) is 0. The summed E-state index contributed by atoms with van der Waals surface area (Å²) >= 11 is 4.98. The van der Waals surface area contributed by atoms with Gasteiger partial charge in [0.25, 0.3) is 11.8 Å². The summed E-state index contributed by atoms with van der Waals surface area (Å²) < 4.78 is 12.9. The quantitative estimate of drug-likeness (QED) is 0.256. The van der Waals surface area contributed by atoms with Gasteiger partial charge in [-0.3, -0.25) is 30.6 Å². The molecule has 3 amide bonds. The number of hydrogen-bond donors (Lipinski definition) is 4. The van der Waals surface area contributed by atoms with Crippen molar-refractivity contribution in [2.24, 2.45) is 0 Å².